The van der Waals surface area contributed by atoms with Gasteiger partial charge in [0, 0.05) is 12.0 Å². The van der Waals surface area contributed by atoms with Crippen molar-refractivity contribution < 1.29 is 4.79 Å². The molecule has 0 amide bonds. The van der Waals surface area contributed by atoms with Crippen LogP contribution in [0.1, 0.15) is 47.3 Å². The number of aryl methyl sites for hydroxylation is 2. The normalized spacial score (nSPS) is 14.6. The van der Waals surface area contributed by atoms with E-state index in [0.29, 0.717) is 5.78 Å². The van der Waals surface area contributed by atoms with E-state index in [0.717, 1.165) is 31.2 Å². The van der Waals surface area contributed by atoms with Gasteiger partial charge >= 0.3 is 0 Å². The van der Waals surface area contributed by atoms with Crippen molar-refractivity contribution in [1.29, 1.82) is 0 Å². The van der Waals surface area contributed by atoms with Crippen LogP contribution in [-0.2, 0) is 19.3 Å². The Kier molecular flexibility index (Phi) is 2.40. The molecule has 2 rings (SSSR count). The molecule has 1 heteroatoms. The monoisotopic (exact) mass is 188 g/mol. The molecule has 1 aliphatic rings. The molecule has 0 heterocycles. The molecule has 0 fully saturated rings. The molecule has 0 bridgehead atoms. The van der Waals surface area contributed by atoms with Gasteiger partial charge in [0.2, 0.25) is 0 Å². The van der Waals surface area contributed by atoms with E-state index in [1.54, 1.807) is 0 Å². The molecule has 0 radical (unpaired) electrons. The van der Waals surface area contributed by atoms with Gasteiger partial charge in [-0.2, -0.15) is 0 Å². The van der Waals surface area contributed by atoms with Crippen LogP contribution in [0, 0.1) is 0 Å². The van der Waals surface area contributed by atoms with E-state index in [-0.39, 0.29) is 0 Å². The summed E-state index contributed by atoms with van der Waals surface area (Å²) in [7, 11) is 0. The number of hydrogen-bond acceptors (Lipinski definition) is 1. The molecule has 74 valence electrons. The van der Waals surface area contributed by atoms with Crippen molar-refractivity contribution in [1.82, 2.24) is 0 Å². The zero-order valence-electron chi connectivity index (χ0n) is 8.89. The molecule has 1 aromatic carbocycles. The van der Waals surface area contributed by atoms with Gasteiger partial charge in [0.05, 0.1) is 0 Å². The zero-order chi connectivity index (χ0) is 10.1. The third-order valence-corrected chi connectivity index (χ3v) is 3.14. The number of fused-ring (bicyclic) bond motifs is 1. The summed E-state index contributed by atoms with van der Waals surface area (Å²) in [4.78, 5) is 11.7. The highest BCUT2D eigenvalue weighted by Gasteiger charge is 2.23. The van der Waals surface area contributed by atoms with Crippen LogP contribution in [0.2, 0.25) is 0 Å². The Morgan fingerprint density at radius 3 is 2.36 bits per heavy atom. The summed E-state index contributed by atoms with van der Waals surface area (Å²) in [6.45, 7) is 4.27. The maximum absolute atomic E-state index is 11.7. The summed E-state index contributed by atoms with van der Waals surface area (Å²) in [6.07, 6.45) is 3.70. The molecule has 0 spiro atoms. The zero-order valence-corrected chi connectivity index (χ0v) is 8.89. The van der Waals surface area contributed by atoms with Gasteiger partial charge in [-0.25, -0.2) is 0 Å². The summed E-state index contributed by atoms with van der Waals surface area (Å²) in [5, 5.41) is 0. The highest BCUT2D eigenvalue weighted by atomic mass is 16.1. The third kappa shape index (κ3) is 1.28. The van der Waals surface area contributed by atoms with E-state index in [2.05, 4.69) is 26.0 Å². The minimum Gasteiger partial charge on any atom is -0.294 e. The maximum Gasteiger partial charge on any atom is 0.163 e. The van der Waals surface area contributed by atoms with Crippen LogP contribution >= 0.6 is 0 Å². The molecule has 1 aromatic rings. The third-order valence-electron chi connectivity index (χ3n) is 3.14. The summed E-state index contributed by atoms with van der Waals surface area (Å²) in [6, 6.07) is 4.32. The summed E-state index contributed by atoms with van der Waals surface area (Å²) >= 11 is 0. The highest BCUT2D eigenvalue weighted by Crippen LogP contribution is 2.29. The van der Waals surface area contributed by atoms with Gasteiger partial charge in [0.25, 0.3) is 0 Å². The van der Waals surface area contributed by atoms with Crippen LogP contribution in [0.15, 0.2) is 12.1 Å². The van der Waals surface area contributed by atoms with Crippen LogP contribution < -0.4 is 0 Å². The van der Waals surface area contributed by atoms with E-state index in [1.807, 2.05) is 0 Å². The Morgan fingerprint density at radius 2 is 1.71 bits per heavy atom. The SMILES string of the molecule is CCc1ccc(CC)c2c1CCC2=O. The summed E-state index contributed by atoms with van der Waals surface area (Å²) in [5.41, 5.74) is 4.98. The second-order valence-corrected chi connectivity index (χ2v) is 3.87. The van der Waals surface area contributed by atoms with E-state index in [4.69, 9.17) is 0 Å². The van der Waals surface area contributed by atoms with Gasteiger partial charge in [0.1, 0.15) is 0 Å². The van der Waals surface area contributed by atoms with Crippen LogP contribution in [0.4, 0.5) is 0 Å². The molecule has 0 aromatic heterocycles. The molecule has 0 saturated carbocycles. The van der Waals surface area contributed by atoms with Gasteiger partial charge in [-0.15, -0.1) is 0 Å². The Balaban J connectivity index is 2.62. The average Bonchev–Trinajstić information content (AvgIpc) is 2.60. The Morgan fingerprint density at radius 1 is 1.07 bits per heavy atom. The lowest BCUT2D eigenvalue weighted by atomic mass is 9.95. The molecular weight excluding hydrogens is 172 g/mol. The smallest absolute Gasteiger partial charge is 0.163 e. The lowest BCUT2D eigenvalue weighted by Crippen LogP contribution is -2.00. The number of carbonyl (C=O) groups is 1. The number of ketones is 1. The fraction of sp³-hybridized carbons (Fsp3) is 0.462. The van der Waals surface area contributed by atoms with Crippen molar-refractivity contribution in [2.24, 2.45) is 0 Å². The molecular formula is C13H16O. The molecule has 0 unspecified atom stereocenters. The van der Waals surface area contributed by atoms with Crippen LogP contribution in [0.25, 0.3) is 0 Å². The first-order valence-electron chi connectivity index (χ1n) is 5.44. The van der Waals surface area contributed by atoms with Crippen molar-refractivity contribution in [2.45, 2.75) is 39.5 Å². The first-order chi connectivity index (χ1) is 6.77. The molecule has 1 aliphatic carbocycles. The molecule has 14 heavy (non-hydrogen) atoms. The van der Waals surface area contributed by atoms with E-state index >= 15 is 0 Å². The largest absolute Gasteiger partial charge is 0.294 e. The standard InChI is InChI=1S/C13H16O/c1-3-9-5-6-10(4-2)13-11(9)7-8-12(13)14/h5-6H,3-4,7-8H2,1-2H3. The predicted molar refractivity (Wildman–Crippen MR) is 57.8 cm³/mol. The number of carbonyl (C=O) groups excluding carboxylic acids is 1. The number of Topliss-reactive ketones (excluding diaryl/α,β-unsaturated/α-hetero) is 1. The first kappa shape index (κ1) is 9.45. The van der Waals surface area contributed by atoms with Crippen molar-refractivity contribution in [2.75, 3.05) is 0 Å². The van der Waals surface area contributed by atoms with Gasteiger partial charge < -0.3 is 0 Å². The number of benzene rings is 1. The van der Waals surface area contributed by atoms with Gasteiger partial charge in [-0.1, -0.05) is 26.0 Å². The predicted octanol–water partition coefficient (Wildman–Crippen LogP) is 2.94. The lowest BCUT2D eigenvalue weighted by Gasteiger charge is -2.09. The number of hydrogen-bond donors (Lipinski definition) is 0. The summed E-state index contributed by atoms with van der Waals surface area (Å²) in [5.74, 6) is 0.354. The van der Waals surface area contributed by atoms with Crippen LogP contribution in [0.5, 0.6) is 0 Å². The van der Waals surface area contributed by atoms with Crippen molar-refractivity contribution in [3.8, 4) is 0 Å². The molecule has 1 nitrogen and oxygen atoms in total. The molecule has 0 atom stereocenters. The van der Waals surface area contributed by atoms with E-state index in [1.165, 1.54) is 16.7 Å². The van der Waals surface area contributed by atoms with Crippen LogP contribution in [0.3, 0.4) is 0 Å². The van der Waals surface area contributed by atoms with Crippen molar-refractivity contribution in [3.63, 3.8) is 0 Å². The Hall–Kier alpha value is -1.11. The molecule has 0 saturated heterocycles. The Bertz CT molecular complexity index is 377. The highest BCUT2D eigenvalue weighted by molar-refractivity contribution is 6.02. The Labute approximate surface area is 85.1 Å². The van der Waals surface area contributed by atoms with Crippen molar-refractivity contribution >= 4 is 5.78 Å². The minimum absolute atomic E-state index is 0.354. The second kappa shape index (κ2) is 3.56. The van der Waals surface area contributed by atoms with Crippen molar-refractivity contribution in [3.05, 3.63) is 34.4 Å². The topological polar surface area (TPSA) is 17.1 Å². The van der Waals surface area contributed by atoms with Gasteiger partial charge in [-0.3, -0.25) is 4.79 Å². The average molecular weight is 188 g/mol. The quantitative estimate of drug-likeness (QED) is 0.697. The molecule has 0 aliphatic heterocycles. The van der Waals surface area contributed by atoms with E-state index < -0.39 is 0 Å². The summed E-state index contributed by atoms with van der Waals surface area (Å²) < 4.78 is 0. The van der Waals surface area contributed by atoms with Crippen LogP contribution in [-0.4, -0.2) is 5.78 Å². The fourth-order valence-corrected chi connectivity index (χ4v) is 2.36. The maximum atomic E-state index is 11.7. The molecule has 0 N–H and O–H groups in total. The first-order valence-corrected chi connectivity index (χ1v) is 5.44. The lowest BCUT2D eigenvalue weighted by molar-refractivity contribution is 0.0994. The van der Waals surface area contributed by atoms with Gasteiger partial charge in [0.15, 0.2) is 5.78 Å². The minimum atomic E-state index is 0.354. The van der Waals surface area contributed by atoms with E-state index in [9.17, 15) is 4.79 Å². The second-order valence-electron chi connectivity index (χ2n) is 3.87. The fourth-order valence-electron chi connectivity index (χ4n) is 2.36. The number of rotatable bonds is 2. The van der Waals surface area contributed by atoms with Gasteiger partial charge in [-0.05, 0) is 36.0 Å².